The number of thiazole rings is 1. The molecule has 0 spiro atoms. The van der Waals surface area contributed by atoms with E-state index in [0.717, 1.165) is 22.6 Å². The number of carbonyl (C=O) groups is 2. The van der Waals surface area contributed by atoms with Crippen molar-refractivity contribution < 1.29 is 14.7 Å². The third-order valence-electron chi connectivity index (χ3n) is 2.81. The summed E-state index contributed by atoms with van der Waals surface area (Å²) >= 11 is 1.04. The van der Waals surface area contributed by atoms with Gasteiger partial charge in [0.05, 0.1) is 0 Å². The van der Waals surface area contributed by atoms with E-state index in [9.17, 15) is 9.59 Å². The van der Waals surface area contributed by atoms with Gasteiger partial charge in [0.1, 0.15) is 0 Å². The predicted octanol–water partition coefficient (Wildman–Crippen LogP) is 2.82. The number of hydrogen-bond donors (Lipinski definition) is 1. The van der Waals surface area contributed by atoms with Crippen molar-refractivity contribution in [1.29, 1.82) is 0 Å². The molecule has 2 aromatic rings. The summed E-state index contributed by atoms with van der Waals surface area (Å²) in [6.45, 7) is 4.33. The molecule has 0 atom stereocenters. The molecule has 2 rings (SSSR count). The number of carbonyl (C=O) groups excluding carboxylic acids is 1. The molecule has 0 saturated heterocycles. The SMILES string of the molecule is CCN(C(=O)c1nc(C(=O)O)cs1)c1ccc(C)cc1. The third kappa shape index (κ3) is 2.85. The molecule has 0 saturated carbocycles. The molecule has 0 aliphatic heterocycles. The van der Waals surface area contributed by atoms with Crippen molar-refractivity contribution in [2.75, 3.05) is 11.4 Å². The maximum atomic E-state index is 12.4. The van der Waals surface area contributed by atoms with Crippen molar-refractivity contribution in [2.45, 2.75) is 13.8 Å². The summed E-state index contributed by atoms with van der Waals surface area (Å²) in [5, 5.41) is 10.4. The molecule has 6 heteroatoms. The zero-order valence-corrected chi connectivity index (χ0v) is 12.0. The van der Waals surface area contributed by atoms with E-state index in [-0.39, 0.29) is 16.6 Å². The monoisotopic (exact) mass is 290 g/mol. The van der Waals surface area contributed by atoms with E-state index in [4.69, 9.17) is 5.11 Å². The smallest absolute Gasteiger partial charge is 0.355 e. The van der Waals surface area contributed by atoms with E-state index in [1.54, 1.807) is 4.90 Å². The fourth-order valence-electron chi connectivity index (χ4n) is 1.75. The van der Waals surface area contributed by atoms with Gasteiger partial charge in [-0.2, -0.15) is 0 Å². The Hall–Kier alpha value is -2.21. The van der Waals surface area contributed by atoms with E-state index in [1.165, 1.54) is 5.38 Å². The highest BCUT2D eigenvalue weighted by Crippen LogP contribution is 2.19. The van der Waals surface area contributed by atoms with Gasteiger partial charge in [0.2, 0.25) is 0 Å². The fourth-order valence-corrected chi connectivity index (χ4v) is 2.49. The number of carboxylic acids is 1. The van der Waals surface area contributed by atoms with Gasteiger partial charge in [0.25, 0.3) is 5.91 Å². The molecule has 1 aromatic carbocycles. The van der Waals surface area contributed by atoms with Crippen molar-refractivity contribution in [1.82, 2.24) is 4.98 Å². The summed E-state index contributed by atoms with van der Waals surface area (Å²) < 4.78 is 0. The van der Waals surface area contributed by atoms with Crippen molar-refractivity contribution in [3.8, 4) is 0 Å². The van der Waals surface area contributed by atoms with Crippen LogP contribution in [0.4, 0.5) is 5.69 Å². The zero-order valence-electron chi connectivity index (χ0n) is 11.2. The average Bonchev–Trinajstić information content (AvgIpc) is 2.91. The largest absolute Gasteiger partial charge is 0.476 e. The van der Waals surface area contributed by atoms with Gasteiger partial charge in [-0.05, 0) is 26.0 Å². The number of carboxylic acid groups (broad SMARTS) is 1. The summed E-state index contributed by atoms with van der Waals surface area (Å²) in [6.07, 6.45) is 0. The standard InChI is InChI=1S/C14H14N2O3S/c1-3-16(10-6-4-9(2)5-7-10)13(17)12-15-11(8-20-12)14(18)19/h4-8H,3H2,1-2H3,(H,18,19). The lowest BCUT2D eigenvalue weighted by molar-refractivity contribution is 0.0691. The van der Waals surface area contributed by atoms with E-state index in [0.29, 0.717) is 6.54 Å². The summed E-state index contributed by atoms with van der Waals surface area (Å²) in [5.41, 5.74) is 1.79. The molecular weight excluding hydrogens is 276 g/mol. The Morgan fingerprint density at radius 2 is 1.95 bits per heavy atom. The number of benzene rings is 1. The van der Waals surface area contributed by atoms with Crippen LogP contribution in [0.2, 0.25) is 0 Å². The van der Waals surface area contributed by atoms with Crippen LogP contribution in [-0.2, 0) is 0 Å². The first-order chi connectivity index (χ1) is 9.52. The molecule has 0 aliphatic rings. The lowest BCUT2D eigenvalue weighted by Gasteiger charge is -2.19. The normalized spacial score (nSPS) is 10.3. The van der Waals surface area contributed by atoms with Gasteiger partial charge in [0, 0.05) is 17.6 Å². The second-order valence-corrected chi connectivity index (χ2v) is 5.09. The summed E-state index contributed by atoms with van der Waals surface area (Å²) in [7, 11) is 0. The zero-order chi connectivity index (χ0) is 14.7. The molecule has 1 aromatic heterocycles. The molecule has 20 heavy (non-hydrogen) atoms. The molecule has 0 fully saturated rings. The van der Waals surface area contributed by atoms with Crippen LogP contribution in [0.25, 0.3) is 0 Å². The van der Waals surface area contributed by atoms with E-state index < -0.39 is 5.97 Å². The van der Waals surface area contributed by atoms with Crippen LogP contribution < -0.4 is 4.90 Å². The van der Waals surface area contributed by atoms with Crippen LogP contribution >= 0.6 is 11.3 Å². The minimum Gasteiger partial charge on any atom is -0.476 e. The van der Waals surface area contributed by atoms with Crippen molar-refractivity contribution >= 4 is 28.9 Å². The Labute approximate surface area is 120 Å². The van der Waals surface area contributed by atoms with Gasteiger partial charge >= 0.3 is 5.97 Å². The Morgan fingerprint density at radius 3 is 2.45 bits per heavy atom. The van der Waals surface area contributed by atoms with Crippen molar-refractivity contribution in [2.24, 2.45) is 0 Å². The summed E-state index contributed by atoms with van der Waals surface area (Å²) in [5.74, 6) is -1.41. The van der Waals surface area contributed by atoms with Crippen molar-refractivity contribution in [3.63, 3.8) is 0 Å². The lowest BCUT2D eigenvalue weighted by Crippen LogP contribution is -2.30. The fraction of sp³-hybridized carbons (Fsp3) is 0.214. The van der Waals surface area contributed by atoms with Gasteiger partial charge in [-0.15, -0.1) is 11.3 Å². The molecule has 0 radical (unpaired) electrons. The first kappa shape index (κ1) is 14.2. The quantitative estimate of drug-likeness (QED) is 0.940. The van der Waals surface area contributed by atoms with Crippen LogP contribution in [0.5, 0.6) is 0 Å². The number of hydrogen-bond acceptors (Lipinski definition) is 4. The van der Waals surface area contributed by atoms with Crippen LogP contribution in [0.15, 0.2) is 29.6 Å². The molecule has 0 aliphatic carbocycles. The van der Waals surface area contributed by atoms with E-state index in [2.05, 4.69) is 4.98 Å². The second-order valence-electron chi connectivity index (χ2n) is 4.23. The van der Waals surface area contributed by atoms with Gasteiger partial charge in [0.15, 0.2) is 10.7 Å². The number of amides is 1. The number of aromatic nitrogens is 1. The van der Waals surface area contributed by atoms with Crippen LogP contribution in [0.3, 0.4) is 0 Å². The van der Waals surface area contributed by atoms with Crippen molar-refractivity contribution in [3.05, 3.63) is 45.9 Å². The van der Waals surface area contributed by atoms with E-state index in [1.807, 2.05) is 38.1 Å². The molecule has 1 heterocycles. The number of nitrogens with zero attached hydrogens (tertiary/aromatic N) is 2. The van der Waals surface area contributed by atoms with Gasteiger partial charge < -0.3 is 10.0 Å². The molecule has 5 nitrogen and oxygen atoms in total. The molecule has 1 amide bonds. The van der Waals surface area contributed by atoms with Crippen LogP contribution in [0.1, 0.15) is 32.8 Å². The van der Waals surface area contributed by atoms with Crippen LogP contribution in [-0.4, -0.2) is 28.5 Å². The van der Waals surface area contributed by atoms with E-state index >= 15 is 0 Å². The number of aryl methyl sites for hydroxylation is 1. The van der Waals surface area contributed by atoms with Gasteiger partial charge in [-0.3, -0.25) is 4.79 Å². The van der Waals surface area contributed by atoms with Gasteiger partial charge in [-0.1, -0.05) is 17.7 Å². The minimum absolute atomic E-state index is 0.0988. The Balaban J connectivity index is 2.28. The third-order valence-corrected chi connectivity index (χ3v) is 3.64. The minimum atomic E-state index is -1.13. The maximum absolute atomic E-state index is 12.4. The molecule has 1 N–H and O–H groups in total. The first-order valence-corrected chi connectivity index (χ1v) is 6.98. The second kappa shape index (κ2) is 5.83. The highest BCUT2D eigenvalue weighted by atomic mass is 32.1. The number of aromatic carboxylic acids is 1. The van der Waals surface area contributed by atoms with Crippen LogP contribution in [0, 0.1) is 6.92 Å². The first-order valence-electron chi connectivity index (χ1n) is 6.10. The number of anilines is 1. The topological polar surface area (TPSA) is 70.5 Å². The summed E-state index contributed by atoms with van der Waals surface area (Å²) in [4.78, 5) is 28.6. The molecule has 0 unspecified atom stereocenters. The molecule has 104 valence electrons. The highest BCUT2D eigenvalue weighted by Gasteiger charge is 2.20. The summed E-state index contributed by atoms with van der Waals surface area (Å²) in [6, 6.07) is 7.58. The lowest BCUT2D eigenvalue weighted by atomic mass is 10.2. The average molecular weight is 290 g/mol. The Bertz CT molecular complexity index is 634. The Kier molecular flexibility index (Phi) is 4.14. The maximum Gasteiger partial charge on any atom is 0.355 e. The van der Waals surface area contributed by atoms with Gasteiger partial charge in [-0.25, -0.2) is 9.78 Å². The molecule has 0 bridgehead atoms. The predicted molar refractivity (Wildman–Crippen MR) is 77.6 cm³/mol. The highest BCUT2D eigenvalue weighted by molar-refractivity contribution is 7.12. The Morgan fingerprint density at radius 1 is 1.30 bits per heavy atom. The molecular formula is C14H14N2O3S. The number of rotatable bonds is 4.